The maximum absolute atomic E-state index is 12.0. The van der Waals surface area contributed by atoms with E-state index in [0.717, 1.165) is 5.56 Å². The summed E-state index contributed by atoms with van der Waals surface area (Å²) in [6.07, 6.45) is 1.11. The van der Waals surface area contributed by atoms with E-state index in [9.17, 15) is 9.59 Å². The molecule has 2 unspecified atom stereocenters. The van der Waals surface area contributed by atoms with Crippen molar-refractivity contribution in [3.8, 4) is 0 Å². The molecule has 18 heavy (non-hydrogen) atoms. The lowest BCUT2D eigenvalue weighted by molar-refractivity contribution is -0.141. The molecular weight excluding hydrogens is 228 g/mol. The number of carbonyl (C=O) groups excluding carboxylic acids is 2. The third kappa shape index (κ3) is 2.37. The van der Waals surface area contributed by atoms with Gasteiger partial charge in [-0.15, -0.1) is 0 Å². The highest BCUT2D eigenvalue weighted by atomic mass is 16.2. The Morgan fingerprint density at radius 1 is 1.22 bits per heavy atom. The van der Waals surface area contributed by atoms with Crippen LogP contribution >= 0.6 is 0 Å². The van der Waals surface area contributed by atoms with E-state index in [2.05, 4.69) is 10.6 Å². The molecule has 4 nitrogen and oxygen atoms in total. The highest BCUT2D eigenvalue weighted by Crippen LogP contribution is 2.16. The number of piperazine rings is 1. The Bertz CT molecular complexity index is 458. The van der Waals surface area contributed by atoms with E-state index < -0.39 is 11.6 Å². The molecule has 1 aliphatic heterocycles. The van der Waals surface area contributed by atoms with Crippen molar-refractivity contribution in [2.75, 3.05) is 0 Å². The summed E-state index contributed by atoms with van der Waals surface area (Å²) in [6.45, 7) is 3.64. The largest absolute Gasteiger partial charge is 0.342 e. The Hall–Kier alpha value is -1.84. The molecule has 1 fully saturated rings. The highest BCUT2D eigenvalue weighted by Gasteiger charge is 2.41. The third-order valence-corrected chi connectivity index (χ3v) is 3.51. The maximum atomic E-state index is 12.0. The van der Waals surface area contributed by atoms with Crippen LogP contribution in [-0.4, -0.2) is 23.4 Å². The van der Waals surface area contributed by atoms with Crippen molar-refractivity contribution in [1.29, 1.82) is 0 Å². The van der Waals surface area contributed by atoms with Crippen molar-refractivity contribution in [3.63, 3.8) is 0 Å². The van der Waals surface area contributed by atoms with Crippen LogP contribution in [0.3, 0.4) is 0 Å². The molecule has 96 valence electrons. The normalized spacial score (nSPS) is 27.6. The van der Waals surface area contributed by atoms with Gasteiger partial charge in [-0.3, -0.25) is 9.59 Å². The fraction of sp³-hybridized carbons (Fsp3) is 0.429. The molecule has 0 aliphatic carbocycles. The van der Waals surface area contributed by atoms with Gasteiger partial charge in [-0.1, -0.05) is 37.3 Å². The first-order valence-corrected chi connectivity index (χ1v) is 6.22. The van der Waals surface area contributed by atoms with Crippen LogP contribution in [0.15, 0.2) is 30.3 Å². The number of hydrogen-bond acceptors (Lipinski definition) is 2. The quantitative estimate of drug-likeness (QED) is 0.836. The van der Waals surface area contributed by atoms with Crippen molar-refractivity contribution < 1.29 is 9.59 Å². The Morgan fingerprint density at radius 3 is 2.50 bits per heavy atom. The van der Waals surface area contributed by atoms with Gasteiger partial charge in [0.15, 0.2) is 0 Å². The number of rotatable bonds is 3. The first-order chi connectivity index (χ1) is 8.55. The van der Waals surface area contributed by atoms with Crippen LogP contribution in [0, 0.1) is 0 Å². The predicted octanol–water partition coefficient (Wildman–Crippen LogP) is 1.01. The van der Waals surface area contributed by atoms with Crippen LogP contribution in [0.1, 0.15) is 25.8 Å². The van der Waals surface area contributed by atoms with Gasteiger partial charge >= 0.3 is 0 Å². The van der Waals surface area contributed by atoms with E-state index >= 15 is 0 Å². The van der Waals surface area contributed by atoms with E-state index in [-0.39, 0.29) is 11.8 Å². The second kappa shape index (κ2) is 4.80. The van der Waals surface area contributed by atoms with Gasteiger partial charge < -0.3 is 10.6 Å². The summed E-state index contributed by atoms with van der Waals surface area (Å²) in [7, 11) is 0. The number of hydrogen-bond donors (Lipinski definition) is 2. The molecule has 1 aliphatic rings. The van der Waals surface area contributed by atoms with E-state index in [1.165, 1.54) is 0 Å². The lowest BCUT2D eigenvalue weighted by atomic mass is 9.92. The smallest absolute Gasteiger partial charge is 0.246 e. The Morgan fingerprint density at radius 2 is 1.89 bits per heavy atom. The summed E-state index contributed by atoms with van der Waals surface area (Å²) in [6, 6.07) is 9.21. The minimum absolute atomic E-state index is 0.106. The molecule has 1 aromatic carbocycles. The van der Waals surface area contributed by atoms with Gasteiger partial charge in [0.05, 0.1) is 0 Å². The summed E-state index contributed by atoms with van der Waals surface area (Å²) in [4.78, 5) is 24.0. The summed E-state index contributed by atoms with van der Waals surface area (Å²) >= 11 is 0. The second-order valence-electron chi connectivity index (χ2n) is 4.89. The van der Waals surface area contributed by atoms with Gasteiger partial charge in [-0.2, -0.15) is 0 Å². The van der Waals surface area contributed by atoms with Gasteiger partial charge in [0.2, 0.25) is 11.8 Å². The van der Waals surface area contributed by atoms with Crippen LogP contribution in [0.2, 0.25) is 0 Å². The highest BCUT2D eigenvalue weighted by molar-refractivity contribution is 5.99. The van der Waals surface area contributed by atoms with Crippen molar-refractivity contribution in [3.05, 3.63) is 35.9 Å². The molecule has 1 aromatic rings. The lowest BCUT2D eigenvalue weighted by Crippen LogP contribution is -2.68. The molecule has 0 radical (unpaired) electrons. The zero-order chi connectivity index (χ0) is 13.2. The van der Waals surface area contributed by atoms with Crippen LogP contribution in [0.5, 0.6) is 0 Å². The van der Waals surface area contributed by atoms with Gasteiger partial charge in [0.25, 0.3) is 0 Å². The molecule has 1 heterocycles. The standard InChI is InChI=1S/C14H18N2O2/c1-3-14(2)13(18)15-11(12(17)16-14)9-10-7-5-4-6-8-10/h4-8,11H,3,9H2,1-2H3,(H,15,18)(H,16,17). The first-order valence-electron chi connectivity index (χ1n) is 6.22. The van der Waals surface area contributed by atoms with E-state index in [1.54, 1.807) is 6.92 Å². The zero-order valence-electron chi connectivity index (χ0n) is 10.7. The topological polar surface area (TPSA) is 58.2 Å². The van der Waals surface area contributed by atoms with Crippen LogP contribution in [-0.2, 0) is 16.0 Å². The number of nitrogens with one attached hydrogen (secondary N) is 2. The fourth-order valence-corrected chi connectivity index (χ4v) is 2.04. The summed E-state index contributed by atoms with van der Waals surface area (Å²) in [5.41, 5.74) is 0.266. The molecule has 1 saturated heterocycles. The van der Waals surface area contributed by atoms with Crippen LogP contribution < -0.4 is 10.6 Å². The van der Waals surface area contributed by atoms with E-state index in [4.69, 9.17) is 0 Å². The van der Waals surface area contributed by atoms with Gasteiger partial charge in [-0.05, 0) is 18.9 Å². The second-order valence-corrected chi connectivity index (χ2v) is 4.89. The van der Waals surface area contributed by atoms with Crippen LogP contribution in [0.25, 0.3) is 0 Å². The van der Waals surface area contributed by atoms with Gasteiger partial charge in [-0.25, -0.2) is 0 Å². The predicted molar refractivity (Wildman–Crippen MR) is 68.9 cm³/mol. The van der Waals surface area contributed by atoms with E-state index in [0.29, 0.717) is 12.8 Å². The van der Waals surface area contributed by atoms with Crippen molar-refractivity contribution in [2.24, 2.45) is 0 Å². The van der Waals surface area contributed by atoms with Gasteiger partial charge in [0, 0.05) is 6.42 Å². The molecule has 2 amide bonds. The minimum Gasteiger partial charge on any atom is -0.342 e. The van der Waals surface area contributed by atoms with Gasteiger partial charge in [0.1, 0.15) is 11.6 Å². The maximum Gasteiger partial charge on any atom is 0.246 e. The average molecular weight is 246 g/mol. The van der Waals surface area contributed by atoms with Crippen molar-refractivity contribution >= 4 is 11.8 Å². The number of benzene rings is 1. The summed E-state index contributed by atoms with van der Waals surface area (Å²) < 4.78 is 0. The number of amides is 2. The molecule has 2 atom stereocenters. The van der Waals surface area contributed by atoms with Crippen LogP contribution in [0.4, 0.5) is 0 Å². The zero-order valence-corrected chi connectivity index (χ0v) is 10.7. The monoisotopic (exact) mass is 246 g/mol. The third-order valence-electron chi connectivity index (χ3n) is 3.51. The lowest BCUT2D eigenvalue weighted by Gasteiger charge is -2.36. The summed E-state index contributed by atoms with van der Waals surface area (Å²) in [5, 5.41) is 5.62. The average Bonchev–Trinajstić information content (AvgIpc) is 2.37. The van der Waals surface area contributed by atoms with Crippen molar-refractivity contribution in [1.82, 2.24) is 10.6 Å². The minimum atomic E-state index is -0.774. The van der Waals surface area contributed by atoms with E-state index in [1.807, 2.05) is 37.3 Å². The molecule has 2 N–H and O–H groups in total. The molecule has 0 spiro atoms. The Balaban J connectivity index is 2.09. The molecular formula is C14H18N2O2. The first kappa shape index (κ1) is 12.6. The Labute approximate surface area is 107 Å². The summed E-state index contributed by atoms with van der Waals surface area (Å²) in [5.74, 6) is -0.215. The Kier molecular flexibility index (Phi) is 3.36. The molecule has 2 rings (SSSR count). The molecule has 0 aromatic heterocycles. The molecule has 0 bridgehead atoms. The SMILES string of the molecule is CCC1(C)NC(=O)C(Cc2ccccc2)NC1=O. The molecule has 4 heteroatoms. The number of carbonyl (C=O) groups is 2. The molecule has 0 saturated carbocycles. The fourth-order valence-electron chi connectivity index (χ4n) is 2.04. The van der Waals surface area contributed by atoms with Crippen molar-refractivity contribution in [2.45, 2.75) is 38.3 Å².